The fourth-order valence-electron chi connectivity index (χ4n) is 2.08. The van der Waals surface area contributed by atoms with Gasteiger partial charge in [-0.2, -0.15) is 0 Å². The first-order chi connectivity index (χ1) is 12.8. The number of benzene rings is 1. The molecule has 0 fully saturated rings. The minimum Gasteiger partial charge on any atom is -0.449 e. The van der Waals surface area contributed by atoms with Crippen LogP contribution in [0.4, 0.5) is 11.6 Å². The van der Waals surface area contributed by atoms with E-state index in [1.54, 1.807) is 24.3 Å². The van der Waals surface area contributed by atoms with Crippen molar-refractivity contribution in [1.29, 1.82) is 0 Å². The highest BCUT2D eigenvalue weighted by Gasteiger charge is 2.19. The number of ketones is 1. The van der Waals surface area contributed by atoms with E-state index in [0.29, 0.717) is 11.3 Å². The molecule has 2 aromatic rings. The van der Waals surface area contributed by atoms with E-state index in [-0.39, 0.29) is 11.5 Å². The molecule has 0 radical (unpaired) electrons. The SMILES string of the molecule is CC(=O)c1ccccc1NC(=O)[C@H](C)OC(=O)/C=C/c1ccc([N+](=O)[O-])o1. The van der Waals surface area contributed by atoms with Gasteiger partial charge >= 0.3 is 11.9 Å². The van der Waals surface area contributed by atoms with Crippen LogP contribution < -0.4 is 5.32 Å². The van der Waals surface area contributed by atoms with Crippen LogP contribution in [0.15, 0.2) is 46.9 Å². The van der Waals surface area contributed by atoms with Crippen LogP contribution >= 0.6 is 0 Å². The normalized spacial score (nSPS) is 11.8. The average Bonchev–Trinajstić information content (AvgIpc) is 3.09. The smallest absolute Gasteiger partial charge is 0.433 e. The zero-order valence-corrected chi connectivity index (χ0v) is 14.5. The van der Waals surface area contributed by atoms with E-state index < -0.39 is 28.8 Å². The number of para-hydroxylation sites is 1. The van der Waals surface area contributed by atoms with Crippen LogP contribution in [0.25, 0.3) is 6.08 Å². The number of esters is 1. The predicted octanol–water partition coefficient (Wildman–Crippen LogP) is 2.97. The number of carbonyl (C=O) groups is 3. The van der Waals surface area contributed by atoms with Crippen LogP contribution in [0.2, 0.25) is 0 Å². The van der Waals surface area contributed by atoms with Gasteiger partial charge in [-0.05, 0) is 38.1 Å². The number of Topliss-reactive ketones (excluding diaryl/α,β-unsaturated/α-hetero) is 1. The van der Waals surface area contributed by atoms with Gasteiger partial charge in [-0.15, -0.1) is 0 Å². The van der Waals surface area contributed by atoms with E-state index in [1.807, 2.05) is 0 Å². The van der Waals surface area contributed by atoms with Gasteiger partial charge in [0.15, 0.2) is 11.9 Å². The summed E-state index contributed by atoms with van der Waals surface area (Å²) in [5.74, 6) is -2.03. The molecule has 1 N–H and O–H groups in total. The Hall–Kier alpha value is -3.75. The maximum Gasteiger partial charge on any atom is 0.433 e. The molecule has 9 heteroatoms. The first-order valence-electron chi connectivity index (χ1n) is 7.81. The van der Waals surface area contributed by atoms with Crippen LogP contribution in [0, 0.1) is 10.1 Å². The average molecular weight is 372 g/mol. The molecule has 0 saturated carbocycles. The molecule has 0 saturated heterocycles. The lowest BCUT2D eigenvalue weighted by Gasteiger charge is -2.14. The Morgan fingerprint density at radius 2 is 1.93 bits per heavy atom. The number of amides is 1. The van der Waals surface area contributed by atoms with Gasteiger partial charge in [0.25, 0.3) is 5.91 Å². The third-order valence-corrected chi connectivity index (χ3v) is 3.40. The molecule has 140 valence electrons. The van der Waals surface area contributed by atoms with Gasteiger partial charge in [0.2, 0.25) is 0 Å². The number of nitrogens with one attached hydrogen (secondary N) is 1. The summed E-state index contributed by atoms with van der Waals surface area (Å²) in [5, 5.41) is 13.1. The van der Waals surface area contributed by atoms with E-state index in [1.165, 1.54) is 26.0 Å². The largest absolute Gasteiger partial charge is 0.449 e. The second-order valence-electron chi connectivity index (χ2n) is 5.44. The summed E-state index contributed by atoms with van der Waals surface area (Å²) >= 11 is 0. The van der Waals surface area contributed by atoms with Gasteiger partial charge < -0.3 is 14.5 Å². The minimum absolute atomic E-state index is 0.0890. The van der Waals surface area contributed by atoms with Crippen LogP contribution in [0.1, 0.15) is 30.0 Å². The summed E-state index contributed by atoms with van der Waals surface area (Å²) < 4.78 is 9.82. The standard InChI is InChI=1S/C18H16N2O7/c1-11(21)14-5-3-4-6-15(14)19-18(23)12(2)26-17(22)10-8-13-7-9-16(27-13)20(24)25/h3-10,12H,1-2H3,(H,19,23)/b10-8+/t12-/m0/s1. The molecule has 1 heterocycles. The van der Waals surface area contributed by atoms with Gasteiger partial charge in [0, 0.05) is 11.6 Å². The van der Waals surface area contributed by atoms with Crippen molar-refractivity contribution in [1.82, 2.24) is 0 Å². The quantitative estimate of drug-likeness (QED) is 0.260. The van der Waals surface area contributed by atoms with E-state index in [4.69, 9.17) is 9.15 Å². The maximum absolute atomic E-state index is 12.2. The first kappa shape index (κ1) is 19.6. The number of hydrogen-bond acceptors (Lipinski definition) is 7. The van der Waals surface area contributed by atoms with Crippen molar-refractivity contribution in [2.75, 3.05) is 5.32 Å². The number of anilines is 1. The maximum atomic E-state index is 12.2. The third-order valence-electron chi connectivity index (χ3n) is 3.40. The number of nitro groups is 1. The zero-order chi connectivity index (χ0) is 20.0. The topological polar surface area (TPSA) is 129 Å². The summed E-state index contributed by atoms with van der Waals surface area (Å²) in [6.45, 7) is 2.74. The van der Waals surface area contributed by atoms with Crippen LogP contribution in [-0.2, 0) is 14.3 Å². The van der Waals surface area contributed by atoms with Crippen LogP contribution in [-0.4, -0.2) is 28.7 Å². The molecule has 1 atom stereocenters. The molecule has 0 aliphatic carbocycles. The number of carbonyl (C=O) groups excluding carboxylic acids is 3. The molecule has 1 aromatic carbocycles. The van der Waals surface area contributed by atoms with E-state index >= 15 is 0 Å². The third kappa shape index (κ3) is 5.36. The van der Waals surface area contributed by atoms with E-state index in [9.17, 15) is 24.5 Å². The van der Waals surface area contributed by atoms with Gasteiger partial charge in [-0.25, -0.2) is 4.79 Å². The Balaban J connectivity index is 1.95. The number of ether oxygens (including phenoxy) is 1. The van der Waals surface area contributed by atoms with Gasteiger partial charge in [0.05, 0.1) is 11.8 Å². The lowest BCUT2D eigenvalue weighted by Crippen LogP contribution is -2.30. The molecule has 0 spiro atoms. The predicted molar refractivity (Wildman–Crippen MR) is 95.0 cm³/mol. The highest BCUT2D eigenvalue weighted by molar-refractivity contribution is 6.05. The van der Waals surface area contributed by atoms with Gasteiger partial charge in [-0.1, -0.05) is 12.1 Å². The number of nitrogens with zero attached hydrogens (tertiary/aromatic N) is 1. The highest BCUT2D eigenvalue weighted by Crippen LogP contribution is 2.17. The molecule has 0 aliphatic heterocycles. The summed E-state index contributed by atoms with van der Waals surface area (Å²) in [4.78, 5) is 45.3. The van der Waals surface area contributed by atoms with E-state index in [2.05, 4.69) is 5.32 Å². The minimum atomic E-state index is -1.13. The van der Waals surface area contributed by atoms with Crippen molar-refractivity contribution in [2.24, 2.45) is 0 Å². The molecule has 27 heavy (non-hydrogen) atoms. The molecule has 0 unspecified atom stereocenters. The molecular weight excluding hydrogens is 356 g/mol. The fraction of sp³-hybridized carbons (Fsp3) is 0.167. The molecule has 2 rings (SSSR count). The zero-order valence-electron chi connectivity index (χ0n) is 14.5. The van der Waals surface area contributed by atoms with Crippen molar-refractivity contribution < 1.29 is 28.5 Å². The van der Waals surface area contributed by atoms with Crippen molar-refractivity contribution in [3.8, 4) is 0 Å². The summed E-state index contributed by atoms with van der Waals surface area (Å²) in [6, 6.07) is 8.92. The Bertz CT molecular complexity index is 914. The molecule has 1 amide bonds. The Kier molecular flexibility index (Phi) is 6.21. The van der Waals surface area contributed by atoms with Crippen LogP contribution in [0.3, 0.4) is 0 Å². The Morgan fingerprint density at radius 1 is 1.22 bits per heavy atom. The Morgan fingerprint density at radius 3 is 2.56 bits per heavy atom. The lowest BCUT2D eigenvalue weighted by atomic mass is 10.1. The van der Waals surface area contributed by atoms with Crippen molar-refractivity contribution in [2.45, 2.75) is 20.0 Å². The monoisotopic (exact) mass is 372 g/mol. The highest BCUT2D eigenvalue weighted by atomic mass is 16.6. The molecule has 0 aliphatic rings. The van der Waals surface area contributed by atoms with Crippen molar-refractivity contribution in [3.63, 3.8) is 0 Å². The summed E-state index contributed by atoms with van der Waals surface area (Å²) in [7, 11) is 0. The van der Waals surface area contributed by atoms with Crippen molar-refractivity contribution >= 4 is 35.3 Å². The fourth-order valence-corrected chi connectivity index (χ4v) is 2.08. The second-order valence-corrected chi connectivity index (χ2v) is 5.44. The first-order valence-corrected chi connectivity index (χ1v) is 7.81. The Labute approximate surface area is 153 Å². The molecule has 9 nitrogen and oxygen atoms in total. The lowest BCUT2D eigenvalue weighted by molar-refractivity contribution is -0.402. The molecule has 1 aromatic heterocycles. The van der Waals surface area contributed by atoms with E-state index in [0.717, 1.165) is 12.1 Å². The van der Waals surface area contributed by atoms with Crippen LogP contribution in [0.5, 0.6) is 0 Å². The number of hydrogen-bond donors (Lipinski definition) is 1. The number of furan rings is 1. The molecule has 0 bridgehead atoms. The second kappa shape index (κ2) is 8.56. The summed E-state index contributed by atoms with van der Waals surface area (Å²) in [6.07, 6.45) is 1.04. The van der Waals surface area contributed by atoms with Gasteiger partial charge in [0.1, 0.15) is 10.7 Å². The summed E-state index contributed by atoms with van der Waals surface area (Å²) in [5.41, 5.74) is 0.653. The number of rotatable bonds is 7. The van der Waals surface area contributed by atoms with Gasteiger partial charge in [-0.3, -0.25) is 19.7 Å². The van der Waals surface area contributed by atoms with Crippen molar-refractivity contribution in [3.05, 3.63) is 63.9 Å². The molecular formula is C18H16N2O7.